The molecule has 140 valence electrons. The Morgan fingerprint density at radius 1 is 1.07 bits per heavy atom. The third-order valence-corrected chi connectivity index (χ3v) is 3.57. The summed E-state index contributed by atoms with van der Waals surface area (Å²) in [5.74, 6) is -1.87. The van der Waals surface area contributed by atoms with Crippen LogP contribution in [0.2, 0.25) is 5.02 Å². The number of nitrogens with one attached hydrogen (secondary N) is 2. The van der Waals surface area contributed by atoms with E-state index in [1.807, 2.05) is 0 Å². The van der Waals surface area contributed by atoms with Crippen LogP contribution in [-0.4, -0.2) is 37.8 Å². The van der Waals surface area contributed by atoms with E-state index in [9.17, 15) is 19.2 Å². The first kappa shape index (κ1) is 19.9. The number of hydrogen-bond donors (Lipinski definition) is 2. The molecule has 0 fully saturated rings. The normalized spacial score (nSPS) is 9.85. The van der Waals surface area contributed by atoms with E-state index < -0.39 is 24.4 Å². The van der Waals surface area contributed by atoms with Gasteiger partial charge in [0.2, 0.25) is 0 Å². The van der Waals surface area contributed by atoms with Crippen LogP contribution in [0.1, 0.15) is 31.1 Å². The molecule has 2 rings (SSSR count). The lowest BCUT2D eigenvalue weighted by atomic mass is 10.1. The summed E-state index contributed by atoms with van der Waals surface area (Å²) in [6.45, 7) is -0.610. The number of halogens is 1. The van der Waals surface area contributed by atoms with Crippen LogP contribution in [0.25, 0.3) is 0 Å². The van der Waals surface area contributed by atoms with Crippen molar-refractivity contribution in [3.63, 3.8) is 0 Å². The SMILES string of the molecule is COc1ccc(Cl)cc1C(=O)NNC(=O)COC(=O)c1ccc(C=O)cc1. The number of aldehydes is 1. The van der Waals surface area contributed by atoms with E-state index in [1.165, 1.54) is 43.5 Å². The number of hydrazine groups is 1. The summed E-state index contributed by atoms with van der Waals surface area (Å²) in [6, 6.07) is 10.1. The van der Waals surface area contributed by atoms with Crippen molar-refractivity contribution in [1.29, 1.82) is 0 Å². The minimum absolute atomic E-state index is 0.123. The Kier molecular flexibility index (Phi) is 6.90. The van der Waals surface area contributed by atoms with E-state index in [0.29, 0.717) is 16.9 Å². The third-order valence-electron chi connectivity index (χ3n) is 3.34. The van der Waals surface area contributed by atoms with Gasteiger partial charge in [0.15, 0.2) is 6.61 Å². The molecular formula is C18H15ClN2O6. The van der Waals surface area contributed by atoms with Crippen LogP contribution >= 0.6 is 11.6 Å². The molecule has 0 atom stereocenters. The lowest BCUT2D eigenvalue weighted by Crippen LogP contribution is -2.43. The standard InChI is InChI=1S/C18H15ClN2O6/c1-26-15-7-6-13(19)8-14(15)17(24)21-20-16(23)10-27-18(25)12-4-2-11(9-22)3-5-12/h2-9H,10H2,1H3,(H,20,23)(H,21,24). The van der Waals surface area contributed by atoms with E-state index in [1.54, 1.807) is 6.07 Å². The number of amides is 2. The van der Waals surface area contributed by atoms with Crippen LogP contribution < -0.4 is 15.6 Å². The Balaban J connectivity index is 1.85. The highest BCUT2D eigenvalue weighted by molar-refractivity contribution is 6.31. The highest BCUT2D eigenvalue weighted by atomic mass is 35.5. The molecule has 0 aliphatic rings. The zero-order valence-corrected chi connectivity index (χ0v) is 14.9. The summed E-state index contributed by atoms with van der Waals surface area (Å²) in [7, 11) is 1.39. The first-order valence-electron chi connectivity index (χ1n) is 7.59. The van der Waals surface area contributed by atoms with Gasteiger partial charge in [0.1, 0.15) is 12.0 Å². The average molecular weight is 391 g/mol. The predicted octanol–water partition coefficient (Wildman–Crippen LogP) is 1.78. The topological polar surface area (TPSA) is 111 Å². The minimum atomic E-state index is -0.748. The van der Waals surface area contributed by atoms with Gasteiger partial charge in [-0.25, -0.2) is 4.79 Å². The summed E-state index contributed by atoms with van der Waals surface area (Å²) >= 11 is 5.84. The van der Waals surface area contributed by atoms with Crippen LogP contribution in [-0.2, 0) is 9.53 Å². The van der Waals surface area contributed by atoms with Gasteiger partial charge in [-0.1, -0.05) is 23.7 Å². The number of carbonyl (C=O) groups is 4. The molecule has 0 aliphatic heterocycles. The van der Waals surface area contributed by atoms with E-state index in [0.717, 1.165) is 0 Å². The first-order valence-corrected chi connectivity index (χ1v) is 7.97. The summed E-state index contributed by atoms with van der Waals surface area (Å²) in [4.78, 5) is 46.2. The quantitative estimate of drug-likeness (QED) is 0.442. The molecule has 0 heterocycles. The van der Waals surface area contributed by atoms with Gasteiger partial charge in [0.25, 0.3) is 11.8 Å². The first-order chi connectivity index (χ1) is 12.9. The van der Waals surface area contributed by atoms with Gasteiger partial charge in [-0.3, -0.25) is 25.2 Å². The van der Waals surface area contributed by atoms with Crippen molar-refractivity contribution in [3.05, 3.63) is 64.2 Å². The Morgan fingerprint density at radius 3 is 2.41 bits per heavy atom. The number of rotatable bonds is 6. The summed E-state index contributed by atoms with van der Waals surface area (Å²) in [6.07, 6.45) is 0.639. The van der Waals surface area contributed by atoms with E-state index >= 15 is 0 Å². The zero-order valence-electron chi connectivity index (χ0n) is 14.2. The molecule has 9 heteroatoms. The second-order valence-corrected chi connectivity index (χ2v) is 5.60. The van der Waals surface area contributed by atoms with E-state index in [4.69, 9.17) is 21.1 Å². The maximum atomic E-state index is 12.1. The maximum Gasteiger partial charge on any atom is 0.338 e. The molecule has 0 radical (unpaired) electrons. The molecule has 0 bridgehead atoms. The molecule has 2 aromatic rings. The van der Waals surface area contributed by atoms with E-state index in [2.05, 4.69) is 10.9 Å². The highest BCUT2D eigenvalue weighted by Crippen LogP contribution is 2.22. The number of esters is 1. The zero-order chi connectivity index (χ0) is 19.8. The monoisotopic (exact) mass is 390 g/mol. The highest BCUT2D eigenvalue weighted by Gasteiger charge is 2.15. The molecule has 0 aliphatic carbocycles. The average Bonchev–Trinajstić information content (AvgIpc) is 2.70. The molecule has 0 saturated carbocycles. The molecule has 0 unspecified atom stereocenters. The van der Waals surface area contributed by atoms with Gasteiger partial charge in [-0.15, -0.1) is 0 Å². The molecule has 0 saturated heterocycles. The maximum absolute atomic E-state index is 12.1. The van der Waals surface area contributed by atoms with Crippen LogP contribution in [0.4, 0.5) is 0 Å². The van der Waals surface area contributed by atoms with Gasteiger partial charge >= 0.3 is 5.97 Å². The predicted molar refractivity (Wildman–Crippen MR) is 95.7 cm³/mol. The van der Waals surface area contributed by atoms with Gasteiger partial charge in [0, 0.05) is 10.6 Å². The summed E-state index contributed by atoms with van der Waals surface area (Å²) in [5.41, 5.74) is 5.00. The number of hydrogen-bond acceptors (Lipinski definition) is 6. The third kappa shape index (κ3) is 5.55. The molecule has 2 amide bonds. The van der Waals surface area contributed by atoms with Crippen molar-refractivity contribution in [2.45, 2.75) is 0 Å². The van der Waals surface area contributed by atoms with Gasteiger partial charge in [0.05, 0.1) is 18.2 Å². The van der Waals surface area contributed by atoms with Crippen LogP contribution in [0.15, 0.2) is 42.5 Å². The smallest absolute Gasteiger partial charge is 0.338 e. The van der Waals surface area contributed by atoms with Crippen LogP contribution in [0, 0.1) is 0 Å². The minimum Gasteiger partial charge on any atom is -0.496 e. The van der Waals surface area contributed by atoms with Gasteiger partial charge in [-0.2, -0.15) is 0 Å². The van der Waals surface area contributed by atoms with Gasteiger partial charge in [-0.05, 0) is 30.3 Å². The van der Waals surface area contributed by atoms with Crippen LogP contribution in [0.3, 0.4) is 0 Å². The Morgan fingerprint density at radius 2 is 1.78 bits per heavy atom. The van der Waals surface area contributed by atoms with Gasteiger partial charge < -0.3 is 9.47 Å². The molecular weight excluding hydrogens is 376 g/mol. The summed E-state index contributed by atoms with van der Waals surface area (Å²) in [5, 5.41) is 0.321. The number of ether oxygens (including phenoxy) is 2. The second-order valence-electron chi connectivity index (χ2n) is 5.16. The number of benzene rings is 2. The molecule has 27 heavy (non-hydrogen) atoms. The van der Waals surface area contributed by atoms with E-state index in [-0.39, 0.29) is 16.9 Å². The summed E-state index contributed by atoms with van der Waals surface area (Å²) < 4.78 is 9.88. The molecule has 2 aromatic carbocycles. The molecule has 0 spiro atoms. The second kappa shape index (κ2) is 9.35. The van der Waals surface area contributed by atoms with Crippen molar-refractivity contribution in [2.75, 3.05) is 13.7 Å². The molecule has 2 N–H and O–H groups in total. The van der Waals surface area contributed by atoms with Crippen LogP contribution in [0.5, 0.6) is 5.75 Å². The Bertz CT molecular complexity index is 867. The Labute approximate surface area is 159 Å². The fraction of sp³-hybridized carbons (Fsp3) is 0.111. The number of carbonyl (C=O) groups excluding carboxylic acids is 4. The van der Waals surface area contributed by atoms with Crippen molar-refractivity contribution in [3.8, 4) is 5.75 Å². The fourth-order valence-corrected chi connectivity index (χ4v) is 2.17. The largest absolute Gasteiger partial charge is 0.496 e. The fourth-order valence-electron chi connectivity index (χ4n) is 2.00. The van der Waals surface area contributed by atoms with Crippen molar-refractivity contribution in [1.82, 2.24) is 10.9 Å². The Hall–Kier alpha value is -3.39. The number of methoxy groups -OCH3 is 1. The molecule has 0 aromatic heterocycles. The van der Waals surface area contributed by atoms with Crippen molar-refractivity contribution < 1.29 is 28.7 Å². The van der Waals surface area contributed by atoms with Crippen molar-refractivity contribution in [2.24, 2.45) is 0 Å². The lowest BCUT2D eigenvalue weighted by molar-refractivity contribution is -0.125. The van der Waals surface area contributed by atoms with Crippen molar-refractivity contribution >= 4 is 35.7 Å². The molecule has 8 nitrogen and oxygen atoms in total. The lowest BCUT2D eigenvalue weighted by Gasteiger charge is -2.11.